The number of hydrogen-bond donors (Lipinski definition) is 2. The smallest absolute Gasteiger partial charge is 0.246 e. The van der Waals surface area contributed by atoms with Gasteiger partial charge in [0.1, 0.15) is 16.9 Å². The molecule has 140 valence electrons. The third kappa shape index (κ3) is 3.87. The predicted octanol–water partition coefficient (Wildman–Crippen LogP) is 5.54. The molecule has 4 nitrogen and oxygen atoms in total. The van der Waals surface area contributed by atoms with Crippen molar-refractivity contribution < 1.29 is 9.18 Å². The van der Waals surface area contributed by atoms with Gasteiger partial charge in [0.05, 0.1) is 15.9 Å². The van der Waals surface area contributed by atoms with E-state index in [1.54, 1.807) is 30.4 Å². The first-order valence-electron chi connectivity index (χ1n) is 8.88. The molecule has 0 aliphatic heterocycles. The van der Waals surface area contributed by atoms with Crippen molar-refractivity contribution in [2.75, 3.05) is 10.6 Å². The molecule has 4 aromatic rings. The van der Waals surface area contributed by atoms with Crippen LogP contribution in [0.1, 0.15) is 6.92 Å². The number of nitrogens with zero attached hydrogens (tertiary/aromatic N) is 1. The van der Waals surface area contributed by atoms with E-state index in [1.807, 2.05) is 42.5 Å². The number of aromatic nitrogens is 1. The van der Waals surface area contributed by atoms with Gasteiger partial charge >= 0.3 is 0 Å². The Morgan fingerprint density at radius 3 is 2.46 bits per heavy atom. The first kappa shape index (κ1) is 18.1. The number of carbonyl (C=O) groups is 1. The van der Waals surface area contributed by atoms with Gasteiger partial charge in [0.25, 0.3) is 0 Å². The molecule has 6 heteroatoms. The minimum Gasteiger partial charge on any atom is -0.374 e. The Labute approximate surface area is 166 Å². The Morgan fingerprint density at radius 2 is 1.71 bits per heavy atom. The fourth-order valence-electron chi connectivity index (χ4n) is 2.82. The average Bonchev–Trinajstić information content (AvgIpc) is 3.14. The van der Waals surface area contributed by atoms with Crippen LogP contribution in [0.3, 0.4) is 0 Å². The van der Waals surface area contributed by atoms with Crippen LogP contribution in [0.5, 0.6) is 0 Å². The van der Waals surface area contributed by atoms with Gasteiger partial charge in [-0.05, 0) is 55.5 Å². The number of amides is 1. The van der Waals surface area contributed by atoms with E-state index in [0.717, 1.165) is 26.5 Å². The zero-order valence-electron chi connectivity index (χ0n) is 15.1. The highest BCUT2D eigenvalue weighted by atomic mass is 32.1. The number of thiazole rings is 1. The van der Waals surface area contributed by atoms with Crippen LogP contribution in [0.25, 0.3) is 20.8 Å². The second-order valence-electron chi connectivity index (χ2n) is 6.40. The Hall–Kier alpha value is -3.25. The summed E-state index contributed by atoms with van der Waals surface area (Å²) in [7, 11) is 0. The maximum Gasteiger partial charge on any atom is 0.246 e. The lowest BCUT2D eigenvalue weighted by Gasteiger charge is -2.15. The molecule has 1 aromatic heterocycles. The molecule has 3 aromatic carbocycles. The van der Waals surface area contributed by atoms with Crippen molar-refractivity contribution in [2.24, 2.45) is 0 Å². The van der Waals surface area contributed by atoms with E-state index in [-0.39, 0.29) is 11.6 Å². The van der Waals surface area contributed by atoms with E-state index in [2.05, 4.69) is 21.7 Å². The summed E-state index contributed by atoms with van der Waals surface area (Å²) >= 11 is 1.65. The topological polar surface area (TPSA) is 54.0 Å². The molecule has 28 heavy (non-hydrogen) atoms. The van der Waals surface area contributed by atoms with E-state index >= 15 is 0 Å². The molecule has 0 aliphatic rings. The summed E-state index contributed by atoms with van der Waals surface area (Å²) in [5.41, 5.74) is 2.99. The zero-order chi connectivity index (χ0) is 19.5. The molecule has 0 radical (unpaired) electrons. The Balaban J connectivity index is 1.43. The quantitative estimate of drug-likeness (QED) is 0.469. The summed E-state index contributed by atoms with van der Waals surface area (Å²) in [6, 6.07) is 21.4. The number of rotatable bonds is 5. The van der Waals surface area contributed by atoms with Crippen molar-refractivity contribution in [3.05, 3.63) is 78.6 Å². The molecule has 0 bridgehead atoms. The van der Waals surface area contributed by atoms with Crippen LogP contribution >= 0.6 is 11.3 Å². The summed E-state index contributed by atoms with van der Waals surface area (Å²) < 4.78 is 14.8. The summed E-state index contributed by atoms with van der Waals surface area (Å²) in [6.45, 7) is 1.73. The van der Waals surface area contributed by atoms with Crippen molar-refractivity contribution in [1.29, 1.82) is 0 Å². The monoisotopic (exact) mass is 391 g/mol. The van der Waals surface area contributed by atoms with Crippen molar-refractivity contribution in [2.45, 2.75) is 13.0 Å². The molecule has 1 atom stereocenters. The van der Waals surface area contributed by atoms with Crippen molar-refractivity contribution in [3.63, 3.8) is 0 Å². The summed E-state index contributed by atoms with van der Waals surface area (Å²) in [5, 5.41) is 6.69. The van der Waals surface area contributed by atoms with Gasteiger partial charge in [-0.2, -0.15) is 0 Å². The van der Waals surface area contributed by atoms with E-state index < -0.39 is 11.9 Å². The molecule has 0 aliphatic carbocycles. The molecular weight excluding hydrogens is 373 g/mol. The van der Waals surface area contributed by atoms with Crippen molar-refractivity contribution in [3.8, 4) is 10.6 Å². The number of nitrogens with one attached hydrogen (secondary N) is 2. The second-order valence-corrected chi connectivity index (χ2v) is 7.43. The Morgan fingerprint density at radius 1 is 1.00 bits per heavy atom. The number of para-hydroxylation sites is 2. The molecule has 0 fully saturated rings. The van der Waals surface area contributed by atoms with Crippen LogP contribution < -0.4 is 10.6 Å². The number of fused-ring (bicyclic) bond motifs is 1. The highest BCUT2D eigenvalue weighted by molar-refractivity contribution is 7.21. The van der Waals surface area contributed by atoms with Gasteiger partial charge in [0.2, 0.25) is 5.91 Å². The summed E-state index contributed by atoms with van der Waals surface area (Å²) in [5.74, 6) is -0.761. The van der Waals surface area contributed by atoms with Gasteiger partial charge in [0.15, 0.2) is 0 Å². The zero-order valence-corrected chi connectivity index (χ0v) is 16.0. The van der Waals surface area contributed by atoms with Crippen molar-refractivity contribution in [1.82, 2.24) is 4.98 Å². The molecule has 0 saturated heterocycles. The largest absolute Gasteiger partial charge is 0.374 e. The molecule has 0 saturated carbocycles. The SMILES string of the molecule is C[C@H](Nc1ccc(-c2nc3ccccc3s2)cc1)C(=O)Nc1ccccc1F. The lowest BCUT2D eigenvalue weighted by atomic mass is 10.2. The molecule has 0 spiro atoms. The normalized spacial score (nSPS) is 11.9. The van der Waals surface area contributed by atoms with Gasteiger partial charge < -0.3 is 10.6 Å². The predicted molar refractivity (Wildman–Crippen MR) is 113 cm³/mol. The van der Waals surface area contributed by atoms with Gasteiger partial charge in [-0.1, -0.05) is 24.3 Å². The van der Waals surface area contributed by atoms with Gasteiger partial charge in [-0.3, -0.25) is 4.79 Å². The highest BCUT2D eigenvalue weighted by Gasteiger charge is 2.14. The van der Waals surface area contributed by atoms with Gasteiger partial charge in [-0.25, -0.2) is 9.37 Å². The first-order valence-corrected chi connectivity index (χ1v) is 9.70. The third-order valence-electron chi connectivity index (χ3n) is 4.33. The first-order chi connectivity index (χ1) is 13.6. The fraction of sp³-hybridized carbons (Fsp3) is 0.0909. The molecule has 1 heterocycles. The number of hydrogen-bond acceptors (Lipinski definition) is 4. The fourth-order valence-corrected chi connectivity index (χ4v) is 3.79. The summed E-state index contributed by atoms with van der Waals surface area (Å²) in [6.07, 6.45) is 0. The lowest BCUT2D eigenvalue weighted by molar-refractivity contribution is -0.116. The Kier molecular flexibility index (Phi) is 5.04. The van der Waals surface area contributed by atoms with E-state index in [4.69, 9.17) is 0 Å². The van der Waals surface area contributed by atoms with E-state index in [9.17, 15) is 9.18 Å². The van der Waals surface area contributed by atoms with Crippen LogP contribution in [-0.2, 0) is 4.79 Å². The Bertz CT molecular complexity index is 1090. The minimum absolute atomic E-state index is 0.173. The van der Waals surface area contributed by atoms with Crippen molar-refractivity contribution >= 4 is 38.8 Å². The minimum atomic E-state index is -0.520. The van der Waals surface area contributed by atoms with Gasteiger partial charge in [-0.15, -0.1) is 11.3 Å². The van der Waals surface area contributed by atoms with E-state index in [1.165, 1.54) is 12.1 Å². The summed E-state index contributed by atoms with van der Waals surface area (Å²) in [4.78, 5) is 17.0. The standard InChI is InChI=1S/C22H18FN3OS/c1-14(21(27)25-18-7-3-2-6-17(18)23)24-16-12-10-15(11-13-16)22-26-19-8-4-5-9-20(19)28-22/h2-14,24H,1H3,(H,25,27)/t14-/m0/s1. The van der Waals surface area contributed by atoms with Crippen LogP contribution in [-0.4, -0.2) is 16.9 Å². The highest BCUT2D eigenvalue weighted by Crippen LogP contribution is 2.30. The maximum absolute atomic E-state index is 13.7. The second kappa shape index (κ2) is 7.78. The number of carbonyl (C=O) groups excluding carboxylic acids is 1. The molecular formula is C22H18FN3OS. The van der Waals surface area contributed by atoms with Crippen LogP contribution in [0, 0.1) is 5.82 Å². The third-order valence-corrected chi connectivity index (χ3v) is 5.42. The van der Waals surface area contributed by atoms with Crippen LogP contribution in [0.15, 0.2) is 72.8 Å². The number of benzene rings is 3. The molecule has 1 amide bonds. The average molecular weight is 391 g/mol. The number of anilines is 2. The molecule has 2 N–H and O–H groups in total. The molecule has 0 unspecified atom stereocenters. The van der Waals surface area contributed by atoms with E-state index in [0.29, 0.717) is 0 Å². The van der Waals surface area contributed by atoms with Crippen LogP contribution in [0.2, 0.25) is 0 Å². The van der Waals surface area contributed by atoms with Gasteiger partial charge in [0, 0.05) is 11.3 Å². The lowest BCUT2D eigenvalue weighted by Crippen LogP contribution is -2.32. The maximum atomic E-state index is 13.7. The van der Waals surface area contributed by atoms with Crippen LogP contribution in [0.4, 0.5) is 15.8 Å². The molecule has 4 rings (SSSR count). The number of halogens is 1.